The second kappa shape index (κ2) is 5.19. The highest BCUT2D eigenvalue weighted by atomic mass is 19.4. The molecular weight excluding hydrogens is 305 g/mol. The lowest BCUT2D eigenvalue weighted by molar-refractivity contribution is -0.141. The summed E-state index contributed by atoms with van der Waals surface area (Å²) in [5, 5.41) is 2.77. The van der Waals surface area contributed by atoms with Gasteiger partial charge in [-0.05, 0) is 30.2 Å². The van der Waals surface area contributed by atoms with E-state index in [-0.39, 0.29) is 17.9 Å². The number of halogens is 5. The lowest BCUT2D eigenvalue weighted by atomic mass is 10.1. The molecule has 22 heavy (non-hydrogen) atoms. The monoisotopic (exact) mass is 315 g/mol. The Labute approximate surface area is 122 Å². The molecule has 0 aliphatic heterocycles. The zero-order chi connectivity index (χ0) is 15.9. The molecule has 2 atom stereocenters. The summed E-state index contributed by atoms with van der Waals surface area (Å²) in [5.74, 6) is -2.12. The molecule has 1 N–H and O–H groups in total. The highest BCUT2D eigenvalue weighted by molar-refractivity contribution is 5.37. The molecule has 1 aromatic carbocycles. The van der Waals surface area contributed by atoms with Gasteiger partial charge in [0, 0.05) is 18.2 Å². The molecule has 1 saturated carbocycles. The van der Waals surface area contributed by atoms with Crippen LogP contribution in [0.5, 0.6) is 0 Å². The summed E-state index contributed by atoms with van der Waals surface area (Å²) >= 11 is 0. The van der Waals surface area contributed by atoms with Crippen molar-refractivity contribution in [2.45, 2.75) is 24.6 Å². The maximum Gasteiger partial charge on any atom is 0.433 e. The van der Waals surface area contributed by atoms with Crippen LogP contribution >= 0.6 is 0 Å². The van der Waals surface area contributed by atoms with Crippen LogP contribution in [0.4, 0.5) is 27.9 Å². The van der Waals surface area contributed by atoms with Gasteiger partial charge < -0.3 is 5.32 Å². The predicted octanol–water partition coefficient (Wildman–Crippen LogP) is 3.74. The highest BCUT2D eigenvalue weighted by Crippen LogP contribution is 2.42. The van der Waals surface area contributed by atoms with Gasteiger partial charge in [0.2, 0.25) is 5.95 Å². The van der Waals surface area contributed by atoms with Crippen LogP contribution in [-0.4, -0.2) is 16.0 Å². The van der Waals surface area contributed by atoms with Gasteiger partial charge in [0.15, 0.2) is 11.6 Å². The molecule has 1 heterocycles. The van der Waals surface area contributed by atoms with Crippen LogP contribution in [0.2, 0.25) is 0 Å². The Balaban J connectivity index is 1.70. The zero-order valence-corrected chi connectivity index (χ0v) is 11.0. The number of hydrogen-bond acceptors (Lipinski definition) is 3. The van der Waals surface area contributed by atoms with E-state index < -0.39 is 23.5 Å². The van der Waals surface area contributed by atoms with Gasteiger partial charge in [-0.2, -0.15) is 13.2 Å². The van der Waals surface area contributed by atoms with Crippen molar-refractivity contribution in [3.8, 4) is 0 Å². The molecule has 116 valence electrons. The zero-order valence-electron chi connectivity index (χ0n) is 11.0. The van der Waals surface area contributed by atoms with Crippen LogP contribution in [0.1, 0.15) is 23.6 Å². The molecule has 3 nitrogen and oxygen atoms in total. The Hall–Kier alpha value is -2.25. The fourth-order valence-electron chi connectivity index (χ4n) is 2.22. The van der Waals surface area contributed by atoms with Crippen LogP contribution in [0.3, 0.4) is 0 Å². The molecule has 2 aromatic rings. The average molecular weight is 315 g/mol. The van der Waals surface area contributed by atoms with Crippen LogP contribution < -0.4 is 5.32 Å². The number of aromatic nitrogens is 2. The lowest BCUT2D eigenvalue weighted by Gasteiger charge is -2.08. The number of nitrogens with zero attached hydrogens (tertiary/aromatic N) is 2. The van der Waals surface area contributed by atoms with Crippen molar-refractivity contribution >= 4 is 5.95 Å². The first-order valence-corrected chi connectivity index (χ1v) is 6.46. The maximum atomic E-state index is 13.2. The smallest absolute Gasteiger partial charge is 0.351 e. The second-order valence-electron chi connectivity index (χ2n) is 5.03. The normalized spacial score (nSPS) is 20.8. The topological polar surface area (TPSA) is 37.8 Å². The molecule has 1 aliphatic rings. The van der Waals surface area contributed by atoms with Crippen molar-refractivity contribution in [3.05, 3.63) is 53.4 Å². The van der Waals surface area contributed by atoms with Gasteiger partial charge in [0.05, 0.1) is 0 Å². The standard InChI is InChI=1S/C14H10F5N3/c15-9-2-1-7(5-10(9)16)8-6-11(8)21-13-20-4-3-12(22-13)14(17,18)19/h1-5,8,11H,6H2,(H,20,21,22)/t8-,11+/m1/s1. The van der Waals surface area contributed by atoms with Gasteiger partial charge in [-0.25, -0.2) is 18.7 Å². The largest absolute Gasteiger partial charge is 0.433 e. The van der Waals surface area contributed by atoms with Gasteiger partial charge in [-0.3, -0.25) is 0 Å². The molecule has 3 rings (SSSR count). The fourth-order valence-corrected chi connectivity index (χ4v) is 2.22. The van der Waals surface area contributed by atoms with E-state index in [9.17, 15) is 22.0 Å². The van der Waals surface area contributed by atoms with Gasteiger partial charge in [0.25, 0.3) is 0 Å². The maximum absolute atomic E-state index is 13.2. The Morgan fingerprint density at radius 2 is 1.86 bits per heavy atom. The van der Waals surface area contributed by atoms with Crippen molar-refractivity contribution in [2.75, 3.05) is 5.32 Å². The number of anilines is 1. The second-order valence-corrected chi connectivity index (χ2v) is 5.03. The van der Waals surface area contributed by atoms with Crippen molar-refractivity contribution in [3.63, 3.8) is 0 Å². The van der Waals surface area contributed by atoms with Gasteiger partial charge in [-0.1, -0.05) is 6.07 Å². The predicted molar refractivity (Wildman–Crippen MR) is 68.2 cm³/mol. The summed E-state index contributed by atoms with van der Waals surface area (Å²) in [6, 6.07) is 4.16. The minimum absolute atomic E-state index is 0.103. The van der Waals surface area contributed by atoms with E-state index in [0.29, 0.717) is 12.0 Å². The Bertz CT molecular complexity index is 701. The number of benzene rings is 1. The Morgan fingerprint density at radius 3 is 2.55 bits per heavy atom. The molecule has 0 spiro atoms. The molecule has 0 bridgehead atoms. The molecule has 0 radical (unpaired) electrons. The first-order chi connectivity index (χ1) is 10.3. The molecular formula is C14H10F5N3. The van der Waals surface area contributed by atoms with Crippen LogP contribution in [0.15, 0.2) is 30.5 Å². The van der Waals surface area contributed by atoms with Crippen LogP contribution in [0, 0.1) is 11.6 Å². The van der Waals surface area contributed by atoms with Gasteiger partial charge in [0.1, 0.15) is 5.69 Å². The fraction of sp³-hybridized carbons (Fsp3) is 0.286. The van der Waals surface area contributed by atoms with E-state index in [1.807, 2.05) is 0 Å². The number of rotatable bonds is 3. The third-order valence-electron chi connectivity index (χ3n) is 3.42. The third kappa shape index (κ3) is 3.00. The molecule has 0 saturated heterocycles. The van der Waals surface area contributed by atoms with E-state index in [0.717, 1.165) is 24.4 Å². The summed E-state index contributed by atoms with van der Waals surface area (Å²) in [4.78, 5) is 7.14. The van der Waals surface area contributed by atoms with Crippen LogP contribution in [0.25, 0.3) is 0 Å². The lowest BCUT2D eigenvalue weighted by Crippen LogP contribution is -2.13. The molecule has 1 fully saturated rings. The molecule has 1 aliphatic carbocycles. The minimum Gasteiger partial charge on any atom is -0.351 e. The summed E-state index contributed by atoms with van der Waals surface area (Å²) in [6.07, 6.45) is -2.93. The van der Waals surface area contributed by atoms with Crippen molar-refractivity contribution in [1.82, 2.24) is 9.97 Å². The molecule has 8 heteroatoms. The van der Waals surface area contributed by atoms with Gasteiger partial charge in [-0.15, -0.1) is 0 Å². The first-order valence-electron chi connectivity index (χ1n) is 6.46. The highest BCUT2D eigenvalue weighted by Gasteiger charge is 2.40. The van der Waals surface area contributed by atoms with E-state index in [1.54, 1.807) is 0 Å². The van der Waals surface area contributed by atoms with Crippen molar-refractivity contribution < 1.29 is 22.0 Å². The van der Waals surface area contributed by atoms with Crippen LogP contribution in [-0.2, 0) is 6.18 Å². The Kier molecular flexibility index (Phi) is 3.46. The average Bonchev–Trinajstić information content (AvgIpc) is 3.20. The molecule has 0 unspecified atom stereocenters. The minimum atomic E-state index is -4.54. The third-order valence-corrected chi connectivity index (χ3v) is 3.42. The number of nitrogens with one attached hydrogen (secondary N) is 1. The summed E-state index contributed by atoms with van der Waals surface area (Å²) in [7, 11) is 0. The summed E-state index contributed by atoms with van der Waals surface area (Å²) < 4.78 is 63.7. The van der Waals surface area contributed by atoms with Crippen molar-refractivity contribution in [2.24, 2.45) is 0 Å². The van der Waals surface area contributed by atoms with E-state index in [4.69, 9.17) is 0 Å². The summed E-state index contributed by atoms with van der Waals surface area (Å²) in [6.45, 7) is 0. The van der Waals surface area contributed by atoms with Crippen molar-refractivity contribution in [1.29, 1.82) is 0 Å². The van der Waals surface area contributed by atoms with E-state index in [1.165, 1.54) is 6.07 Å². The molecule has 1 aromatic heterocycles. The molecule has 0 amide bonds. The van der Waals surface area contributed by atoms with Gasteiger partial charge >= 0.3 is 6.18 Å². The number of alkyl halides is 3. The first kappa shape index (κ1) is 14.7. The quantitative estimate of drug-likeness (QED) is 0.877. The summed E-state index contributed by atoms with van der Waals surface area (Å²) in [5.41, 5.74) is -0.446. The van der Waals surface area contributed by atoms with E-state index in [2.05, 4.69) is 15.3 Å². The Morgan fingerprint density at radius 1 is 1.09 bits per heavy atom. The van der Waals surface area contributed by atoms with E-state index >= 15 is 0 Å². The number of hydrogen-bond donors (Lipinski definition) is 1. The SMILES string of the molecule is Fc1ccc([C@H]2C[C@@H]2Nc2nccc(C(F)(F)F)n2)cc1F.